The topological polar surface area (TPSA) is 65.8 Å². The molecule has 0 aromatic carbocycles. The van der Waals surface area contributed by atoms with Gasteiger partial charge in [0.2, 0.25) is 5.09 Å². The summed E-state index contributed by atoms with van der Waals surface area (Å²) in [6.07, 6.45) is 2.58. The van der Waals surface area contributed by atoms with Gasteiger partial charge in [-0.25, -0.2) is 12.7 Å². The van der Waals surface area contributed by atoms with Crippen LogP contribution in [-0.4, -0.2) is 57.4 Å². The van der Waals surface area contributed by atoms with Crippen molar-refractivity contribution in [3.05, 3.63) is 17.9 Å². The minimum Gasteiger partial charge on any atom is -0.447 e. The van der Waals surface area contributed by atoms with Crippen molar-refractivity contribution < 1.29 is 12.8 Å². The van der Waals surface area contributed by atoms with Crippen LogP contribution in [0.1, 0.15) is 25.5 Å². The van der Waals surface area contributed by atoms with Crippen molar-refractivity contribution in [2.45, 2.75) is 37.4 Å². The SMILES string of the molecule is CC(CN1CCCC1)NCc1ccc(S(=O)(=O)N(C)C)o1. The van der Waals surface area contributed by atoms with Gasteiger partial charge in [-0.3, -0.25) is 0 Å². The maximum Gasteiger partial charge on any atom is 0.275 e. The van der Waals surface area contributed by atoms with Crippen LogP contribution in [0.2, 0.25) is 0 Å². The van der Waals surface area contributed by atoms with Gasteiger partial charge in [-0.1, -0.05) is 0 Å². The van der Waals surface area contributed by atoms with Crippen LogP contribution in [0.15, 0.2) is 21.6 Å². The number of sulfonamides is 1. The first-order chi connectivity index (χ1) is 9.89. The quantitative estimate of drug-likeness (QED) is 0.816. The summed E-state index contributed by atoms with van der Waals surface area (Å²) >= 11 is 0. The lowest BCUT2D eigenvalue weighted by Crippen LogP contribution is -2.37. The molecular formula is C14H25N3O3S. The van der Waals surface area contributed by atoms with Gasteiger partial charge in [0.1, 0.15) is 5.76 Å². The molecule has 1 aromatic heterocycles. The third-order valence-electron chi connectivity index (χ3n) is 3.73. The Bertz CT molecular complexity index is 548. The zero-order valence-corrected chi connectivity index (χ0v) is 13.8. The molecule has 1 aliphatic heterocycles. The summed E-state index contributed by atoms with van der Waals surface area (Å²) in [5, 5.41) is 3.37. The molecule has 0 aliphatic carbocycles. The lowest BCUT2D eigenvalue weighted by Gasteiger charge is -2.20. The molecule has 6 nitrogen and oxygen atoms in total. The molecule has 1 saturated heterocycles. The van der Waals surface area contributed by atoms with Crippen molar-refractivity contribution in [3.8, 4) is 0 Å². The number of nitrogens with zero attached hydrogens (tertiary/aromatic N) is 2. The molecule has 0 saturated carbocycles. The lowest BCUT2D eigenvalue weighted by atomic mass is 10.3. The molecule has 1 aromatic rings. The predicted octanol–water partition coefficient (Wildman–Crippen LogP) is 1.10. The van der Waals surface area contributed by atoms with Gasteiger partial charge in [-0.05, 0) is 45.0 Å². The molecule has 1 unspecified atom stereocenters. The molecule has 2 rings (SSSR count). The van der Waals surface area contributed by atoms with Crippen LogP contribution < -0.4 is 5.32 Å². The van der Waals surface area contributed by atoms with E-state index in [0.29, 0.717) is 18.3 Å². The van der Waals surface area contributed by atoms with E-state index in [1.807, 2.05) is 0 Å². The predicted molar refractivity (Wildman–Crippen MR) is 81.6 cm³/mol. The molecule has 2 heterocycles. The molecule has 7 heteroatoms. The minimum atomic E-state index is -3.48. The van der Waals surface area contributed by atoms with Crippen molar-refractivity contribution in [3.63, 3.8) is 0 Å². The standard InChI is InChI=1S/C14H25N3O3S/c1-12(11-17-8-4-5-9-17)15-10-13-6-7-14(20-13)21(18,19)16(2)3/h6-7,12,15H,4-5,8-11H2,1-3H3. The van der Waals surface area contributed by atoms with Crippen molar-refractivity contribution >= 4 is 10.0 Å². The van der Waals surface area contributed by atoms with Gasteiger partial charge >= 0.3 is 0 Å². The first-order valence-electron chi connectivity index (χ1n) is 7.36. The second-order valence-corrected chi connectivity index (χ2v) is 7.88. The summed E-state index contributed by atoms with van der Waals surface area (Å²) in [5.74, 6) is 0.642. The minimum absolute atomic E-state index is 0.00324. The maximum absolute atomic E-state index is 11.9. The Kier molecular flexibility index (Phi) is 5.43. The van der Waals surface area contributed by atoms with Crippen LogP contribution in [0, 0.1) is 0 Å². The van der Waals surface area contributed by atoms with E-state index in [4.69, 9.17) is 4.42 Å². The van der Waals surface area contributed by atoms with Crippen molar-refractivity contribution in [2.24, 2.45) is 0 Å². The Hall–Kier alpha value is -0.890. The smallest absolute Gasteiger partial charge is 0.275 e. The van der Waals surface area contributed by atoms with Crippen LogP contribution in [0.25, 0.3) is 0 Å². The Morgan fingerprint density at radius 1 is 1.33 bits per heavy atom. The van der Waals surface area contributed by atoms with Crippen molar-refractivity contribution in [1.82, 2.24) is 14.5 Å². The molecule has 120 valence electrons. The van der Waals surface area contributed by atoms with E-state index in [1.54, 1.807) is 6.07 Å². The Labute approximate surface area is 127 Å². The number of hydrogen-bond donors (Lipinski definition) is 1. The highest BCUT2D eigenvalue weighted by molar-refractivity contribution is 7.88. The summed E-state index contributed by atoms with van der Waals surface area (Å²) < 4.78 is 30.4. The number of nitrogens with one attached hydrogen (secondary N) is 1. The molecule has 1 aliphatic rings. The van der Waals surface area contributed by atoms with Gasteiger partial charge in [0.05, 0.1) is 6.54 Å². The molecule has 1 atom stereocenters. The van der Waals surface area contributed by atoms with Gasteiger partial charge in [0.25, 0.3) is 10.0 Å². The molecule has 1 N–H and O–H groups in total. The van der Waals surface area contributed by atoms with Crippen LogP contribution in [0.3, 0.4) is 0 Å². The van der Waals surface area contributed by atoms with Gasteiger partial charge in [-0.15, -0.1) is 0 Å². The van der Waals surface area contributed by atoms with Gasteiger partial charge < -0.3 is 14.6 Å². The molecule has 1 fully saturated rings. The Balaban J connectivity index is 1.85. The summed E-state index contributed by atoms with van der Waals surface area (Å²) in [6, 6.07) is 3.57. The van der Waals surface area contributed by atoms with E-state index < -0.39 is 10.0 Å². The lowest BCUT2D eigenvalue weighted by molar-refractivity contribution is 0.291. The number of likely N-dealkylation sites (tertiary alicyclic amines) is 1. The summed E-state index contributed by atoms with van der Waals surface area (Å²) in [7, 11) is -0.495. The maximum atomic E-state index is 11.9. The fraction of sp³-hybridized carbons (Fsp3) is 0.714. The average molecular weight is 315 g/mol. The highest BCUT2D eigenvalue weighted by atomic mass is 32.2. The van der Waals surface area contributed by atoms with Crippen LogP contribution in [0.5, 0.6) is 0 Å². The van der Waals surface area contributed by atoms with E-state index in [1.165, 1.54) is 46.1 Å². The van der Waals surface area contributed by atoms with E-state index in [2.05, 4.69) is 17.1 Å². The third kappa shape index (κ3) is 4.29. The largest absolute Gasteiger partial charge is 0.447 e. The van der Waals surface area contributed by atoms with Gasteiger partial charge in [0, 0.05) is 26.7 Å². The monoisotopic (exact) mass is 315 g/mol. The molecule has 0 amide bonds. The van der Waals surface area contributed by atoms with E-state index in [9.17, 15) is 8.42 Å². The second-order valence-electron chi connectivity index (χ2n) is 5.80. The molecule has 0 radical (unpaired) electrons. The molecule has 0 bridgehead atoms. The van der Waals surface area contributed by atoms with Gasteiger partial charge in [0.15, 0.2) is 0 Å². The van der Waals surface area contributed by atoms with Crippen LogP contribution >= 0.6 is 0 Å². The highest BCUT2D eigenvalue weighted by Crippen LogP contribution is 2.17. The fourth-order valence-electron chi connectivity index (χ4n) is 2.46. The first kappa shape index (κ1) is 16.5. The summed E-state index contributed by atoms with van der Waals surface area (Å²) in [5.41, 5.74) is 0. The zero-order valence-electron chi connectivity index (χ0n) is 13.0. The zero-order chi connectivity index (χ0) is 15.5. The highest BCUT2D eigenvalue weighted by Gasteiger charge is 2.21. The summed E-state index contributed by atoms with van der Waals surface area (Å²) in [4.78, 5) is 2.45. The van der Waals surface area contributed by atoms with E-state index >= 15 is 0 Å². The Morgan fingerprint density at radius 2 is 2.00 bits per heavy atom. The van der Waals surface area contributed by atoms with Gasteiger partial charge in [-0.2, -0.15) is 0 Å². The molecular weight excluding hydrogens is 290 g/mol. The fourth-order valence-corrected chi connectivity index (χ4v) is 3.28. The number of furan rings is 1. The summed E-state index contributed by atoms with van der Waals surface area (Å²) in [6.45, 7) is 6.05. The second kappa shape index (κ2) is 6.91. The Morgan fingerprint density at radius 3 is 2.62 bits per heavy atom. The average Bonchev–Trinajstić information content (AvgIpc) is 3.07. The van der Waals surface area contributed by atoms with Crippen molar-refractivity contribution in [2.75, 3.05) is 33.7 Å². The first-order valence-corrected chi connectivity index (χ1v) is 8.80. The molecule has 21 heavy (non-hydrogen) atoms. The van der Waals surface area contributed by atoms with Crippen molar-refractivity contribution in [1.29, 1.82) is 0 Å². The van der Waals surface area contributed by atoms with E-state index in [-0.39, 0.29) is 5.09 Å². The normalized spacial score (nSPS) is 18.5. The number of rotatable bonds is 7. The third-order valence-corrected chi connectivity index (χ3v) is 5.42. The molecule has 0 spiro atoms. The van der Waals surface area contributed by atoms with Crippen LogP contribution in [0.4, 0.5) is 0 Å². The van der Waals surface area contributed by atoms with Crippen LogP contribution in [-0.2, 0) is 16.6 Å². The van der Waals surface area contributed by atoms with E-state index in [0.717, 1.165) is 10.8 Å². The number of hydrogen-bond acceptors (Lipinski definition) is 5.